The molecule has 20 heavy (non-hydrogen) atoms. The third-order valence-corrected chi connectivity index (χ3v) is 6.15. The molecule has 1 aromatic carbocycles. The molecule has 1 aromatic rings. The van der Waals surface area contributed by atoms with E-state index in [4.69, 9.17) is 0 Å². The van der Waals surface area contributed by atoms with Gasteiger partial charge in [-0.05, 0) is 67.0 Å². The van der Waals surface area contributed by atoms with E-state index in [-0.39, 0.29) is 0 Å². The average molecular weight is 269 g/mol. The van der Waals surface area contributed by atoms with Gasteiger partial charge in [0.15, 0.2) is 0 Å². The van der Waals surface area contributed by atoms with Crippen LogP contribution in [0.2, 0.25) is 0 Å². The molecule has 3 unspecified atom stereocenters. The minimum absolute atomic E-state index is 0.616. The first-order chi connectivity index (χ1) is 9.88. The zero-order chi connectivity index (χ0) is 13.5. The lowest BCUT2D eigenvalue weighted by atomic mass is 9.79. The van der Waals surface area contributed by atoms with E-state index in [2.05, 4.69) is 36.5 Å². The van der Waals surface area contributed by atoms with Gasteiger partial charge in [0, 0.05) is 6.04 Å². The SMILES string of the molecule is CCNC(c1ccc(C2CCC2)cc1)C1C2CCCC21. The van der Waals surface area contributed by atoms with Gasteiger partial charge in [0.2, 0.25) is 0 Å². The van der Waals surface area contributed by atoms with Gasteiger partial charge in [0.25, 0.3) is 0 Å². The topological polar surface area (TPSA) is 12.0 Å². The second kappa shape index (κ2) is 5.18. The molecule has 0 radical (unpaired) electrons. The summed E-state index contributed by atoms with van der Waals surface area (Å²) in [7, 11) is 0. The number of hydrogen-bond acceptors (Lipinski definition) is 1. The summed E-state index contributed by atoms with van der Waals surface area (Å²) in [6.07, 6.45) is 8.68. The van der Waals surface area contributed by atoms with Crippen molar-refractivity contribution in [3.8, 4) is 0 Å². The maximum Gasteiger partial charge on any atom is 0.0354 e. The lowest BCUT2D eigenvalue weighted by Crippen LogP contribution is -2.24. The number of nitrogens with one attached hydrogen (secondary N) is 1. The van der Waals surface area contributed by atoms with Gasteiger partial charge in [0.1, 0.15) is 0 Å². The first kappa shape index (κ1) is 12.9. The van der Waals surface area contributed by atoms with E-state index < -0.39 is 0 Å². The fraction of sp³-hybridized carbons (Fsp3) is 0.684. The minimum Gasteiger partial charge on any atom is -0.310 e. The monoisotopic (exact) mass is 269 g/mol. The molecule has 0 aromatic heterocycles. The molecule has 0 aliphatic heterocycles. The van der Waals surface area contributed by atoms with Crippen LogP contribution in [0.15, 0.2) is 24.3 Å². The maximum atomic E-state index is 3.77. The Morgan fingerprint density at radius 2 is 1.65 bits per heavy atom. The molecule has 1 heteroatoms. The lowest BCUT2D eigenvalue weighted by Gasteiger charge is -2.27. The molecule has 1 N–H and O–H groups in total. The van der Waals surface area contributed by atoms with Crippen molar-refractivity contribution in [3.63, 3.8) is 0 Å². The molecule has 3 aliphatic carbocycles. The van der Waals surface area contributed by atoms with Gasteiger partial charge < -0.3 is 5.32 Å². The predicted octanol–water partition coefficient (Wildman–Crippen LogP) is 4.65. The molecule has 1 nitrogen and oxygen atoms in total. The third-order valence-electron chi connectivity index (χ3n) is 6.15. The largest absolute Gasteiger partial charge is 0.310 e. The number of rotatable bonds is 5. The van der Waals surface area contributed by atoms with E-state index in [0.29, 0.717) is 6.04 Å². The number of fused-ring (bicyclic) bond motifs is 1. The maximum absolute atomic E-state index is 3.77. The summed E-state index contributed by atoms with van der Waals surface area (Å²) in [4.78, 5) is 0. The number of hydrogen-bond donors (Lipinski definition) is 1. The van der Waals surface area contributed by atoms with Gasteiger partial charge in [0.05, 0.1) is 0 Å². The highest BCUT2D eigenvalue weighted by Crippen LogP contribution is 2.62. The fourth-order valence-electron chi connectivity index (χ4n) is 4.78. The lowest BCUT2D eigenvalue weighted by molar-refractivity contribution is 0.416. The molecule has 0 bridgehead atoms. The second-order valence-corrected chi connectivity index (χ2v) is 7.17. The van der Waals surface area contributed by atoms with Crippen molar-refractivity contribution >= 4 is 0 Å². The first-order valence-corrected chi connectivity index (χ1v) is 8.71. The normalized spacial score (nSPS) is 33.5. The Bertz CT molecular complexity index is 449. The Labute approximate surface area is 123 Å². The second-order valence-electron chi connectivity index (χ2n) is 7.17. The van der Waals surface area contributed by atoms with Crippen LogP contribution < -0.4 is 5.32 Å². The molecule has 3 fully saturated rings. The van der Waals surface area contributed by atoms with Crippen molar-refractivity contribution in [2.24, 2.45) is 17.8 Å². The highest BCUT2D eigenvalue weighted by Gasteiger charge is 2.55. The van der Waals surface area contributed by atoms with Crippen LogP contribution in [-0.2, 0) is 0 Å². The van der Waals surface area contributed by atoms with Crippen LogP contribution in [0.3, 0.4) is 0 Å². The molecular weight excluding hydrogens is 242 g/mol. The van der Waals surface area contributed by atoms with E-state index in [0.717, 1.165) is 30.2 Å². The van der Waals surface area contributed by atoms with Gasteiger partial charge in [-0.15, -0.1) is 0 Å². The summed E-state index contributed by atoms with van der Waals surface area (Å²) in [6.45, 7) is 3.33. The molecule has 0 saturated heterocycles. The Morgan fingerprint density at radius 1 is 1.00 bits per heavy atom. The van der Waals surface area contributed by atoms with Gasteiger partial charge in [-0.2, -0.15) is 0 Å². The van der Waals surface area contributed by atoms with Crippen LogP contribution in [0.1, 0.15) is 68.5 Å². The van der Waals surface area contributed by atoms with Gasteiger partial charge in [-0.1, -0.05) is 44.0 Å². The van der Waals surface area contributed by atoms with Crippen LogP contribution in [0, 0.1) is 17.8 Å². The summed E-state index contributed by atoms with van der Waals surface area (Å²) in [5, 5.41) is 3.77. The van der Waals surface area contributed by atoms with E-state index in [1.807, 2.05) is 0 Å². The van der Waals surface area contributed by atoms with Gasteiger partial charge in [-0.3, -0.25) is 0 Å². The van der Waals surface area contributed by atoms with Crippen molar-refractivity contribution in [1.29, 1.82) is 0 Å². The van der Waals surface area contributed by atoms with Crippen molar-refractivity contribution in [2.75, 3.05) is 6.54 Å². The predicted molar refractivity (Wildman–Crippen MR) is 83.8 cm³/mol. The average Bonchev–Trinajstić information content (AvgIpc) is 2.87. The summed E-state index contributed by atoms with van der Waals surface area (Å²) >= 11 is 0. The van der Waals surface area contributed by atoms with Crippen molar-refractivity contribution in [1.82, 2.24) is 5.32 Å². The van der Waals surface area contributed by atoms with Crippen LogP contribution >= 0.6 is 0 Å². The molecule has 3 aliphatic rings. The smallest absolute Gasteiger partial charge is 0.0354 e. The molecule has 0 spiro atoms. The van der Waals surface area contributed by atoms with E-state index in [1.54, 1.807) is 5.56 Å². The zero-order valence-electron chi connectivity index (χ0n) is 12.6. The molecule has 4 rings (SSSR count). The number of benzene rings is 1. The molecule has 3 atom stereocenters. The molecule has 3 saturated carbocycles. The summed E-state index contributed by atoms with van der Waals surface area (Å²) in [5.74, 6) is 3.86. The van der Waals surface area contributed by atoms with Crippen LogP contribution in [0.5, 0.6) is 0 Å². The van der Waals surface area contributed by atoms with Crippen LogP contribution in [0.4, 0.5) is 0 Å². The Hall–Kier alpha value is -0.820. The zero-order valence-corrected chi connectivity index (χ0v) is 12.6. The summed E-state index contributed by atoms with van der Waals surface area (Å²) in [6, 6.07) is 10.2. The Morgan fingerprint density at radius 3 is 2.20 bits per heavy atom. The highest BCUT2D eigenvalue weighted by molar-refractivity contribution is 5.30. The van der Waals surface area contributed by atoms with Crippen molar-refractivity contribution in [2.45, 2.75) is 57.4 Å². The Balaban J connectivity index is 1.50. The van der Waals surface area contributed by atoms with E-state index >= 15 is 0 Å². The van der Waals surface area contributed by atoms with Crippen molar-refractivity contribution in [3.05, 3.63) is 35.4 Å². The standard InChI is InChI=1S/C19H27N/c1-2-20-19(18-16-7-4-8-17(16)18)15-11-9-14(10-12-15)13-5-3-6-13/h9-13,16-20H,2-8H2,1H3. The third kappa shape index (κ3) is 2.11. The molecular formula is C19H27N. The Kier molecular flexibility index (Phi) is 3.34. The molecule has 108 valence electrons. The minimum atomic E-state index is 0.616. The van der Waals surface area contributed by atoms with Crippen LogP contribution in [-0.4, -0.2) is 6.54 Å². The molecule has 0 amide bonds. The van der Waals surface area contributed by atoms with Gasteiger partial charge >= 0.3 is 0 Å². The summed E-state index contributed by atoms with van der Waals surface area (Å²) < 4.78 is 0. The van der Waals surface area contributed by atoms with Crippen LogP contribution in [0.25, 0.3) is 0 Å². The van der Waals surface area contributed by atoms with Gasteiger partial charge in [-0.25, -0.2) is 0 Å². The highest BCUT2D eigenvalue weighted by atomic mass is 14.9. The summed E-state index contributed by atoms with van der Waals surface area (Å²) in [5.41, 5.74) is 3.11. The van der Waals surface area contributed by atoms with E-state index in [9.17, 15) is 0 Å². The van der Waals surface area contributed by atoms with E-state index in [1.165, 1.54) is 44.1 Å². The fourth-order valence-corrected chi connectivity index (χ4v) is 4.78. The quantitative estimate of drug-likeness (QED) is 0.820. The molecule has 0 heterocycles. The first-order valence-electron chi connectivity index (χ1n) is 8.71. The van der Waals surface area contributed by atoms with Crippen molar-refractivity contribution < 1.29 is 0 Å².